The van der Waals surface area contributed by atoms with Crippen LogP contribution in [0.5, 0.6) is 5.75 Å². The maximum Gasteiger partial charge on any atom is 0.306 e. The van der Waals surface area contributed by atoms with Crippen molar-refractivity contribution in [3.63, 3.8) is 0 Å². The van der Waals surface area contributed by atoms with Gasteiger partial charge in [0, 0.05) is 0 Å². The van der Waals surface area contributed by atoms with E-state index >= 15 is 0 Å². The van der Waals surface area contributed by atoms with Gasteiger partial charge in [0.05, 0.1) is 5.92 Å². The summed E-state index contributed by atoms with van der Waals surface area (Å²) in [6, 6.07) is 35.0. The Balaban J connectivity index is 1.46. The Labute approximate surface area is 201 Å². The van der Waals surface area contributed by atoms with E-state index in [0.717, 1.165) is 16.9 Å². The van der Waals surface area contributed by atoms with E-state index in [1.54, 1.807) is 6.92 Å². The summed E-state index contributed by atoms with van der Waals surface area (Å²) in [6.07, 6.45) is 4.61. The Bertz CT molecular complexity index is 1190. The van der Waals surface area contributed by atoms with Crippen molar-refractivity contribution in [2.75, 3.05) is 6.61 Å². The molecule has 0 saturated carbocycles. The van der Waals surface area contributed by atoms with Gasteiger partial charge in [0.1, 0.15) is 12.4 Å². The first kappa shape index (κ1) is 23.1. The minimum absolute atomic E-state index is 0.401. The molecule has 4 rings (SSSR count). The van der Waals surface area contributed by atoms with Crippen molar-refractivity contribution in [2.45, 2.75) is 13.3 Å². The van der Waals surface area contributed by atoms with Crippen LogP contribution in [-0.4, -0.2) is 17.7 Å². The first-order valence-corrected chi connectivity index (χ1v) is 11.5. The smallest absolute Gasteiger partial charge is 0.306 e. The second-order valence-electron chi connectivity index (χ2n) is 8.38. The quantitative estimate of drug-likeness (QED) is 0.291. The molecule has 170 valence electrons. The first-order valence-electron chi connectivity index (χ1n) is 11.5. The van der Waals surface area contributed by atoms with Crippen LogP contribution in [0, 0.1) is 5.92 Å². The molecule has 0 aromatic heterocycles. The van der Waals surface area contributed by atoms with Crippen molar-refractivity contribution in [1.29, 1.82) is 0 Å². The molecule has 0 aliphatic rings. The number of rotatable bonds is 9. The SMILES string of the molecule is CC(Cc1ccc(OC/C=C/c2cc(-c3ccccc3)cc(-c3ccccc3)c2)cc1)C(=O)O. The molecule has 0 saturated heterocycles. The van der Waals surface area contributed by atoms with Crippen molar-refractivity contribution in [3.05, 3.63) is 120 Å². The predicted octanol–water partition coefficient (Wildman–Crippen LogP) is 7.38. The molecule has 0 amide bonds. The topological polar surface area (TPSA) is 46.5 Å². The highest BCUT2D eigenvalue weighted by Crippen LogP contribution is 2.29. The number of carboxylic acids is 1. The fraction of sp³-hybridized carbons (Fsp3) is 0.129. The van der Waals surface area contributed by atoms with Crippen LogP contribution in [-0.2, 0) is 11.2 Å². The van der Waals surface area contributed by atoms with Gasteiger partial charge in [0.25, 0.3) is 0 Å². The summed E-state index contributed by atoms with van der Waals surface area (Å²) in [5.41, 5.74) is 6.82. The van der Waals surface area contributed by atoms with Gasteiger partial charge < -0.3 is 9.84 Å². The number of ether oxygens (including phenoxy) is 1. The van der Waals surface area contributed by atoms with E-state index in [4.69, 9.17) is 9.84 Å². The second-order valence-corrected chi connectivity index (χ2v) is 8.38. The van der Waals surface area contributed by atoms with Crippen LogP contribution < -0.4 is 4.74 Å². The van der Waals surface area contributed by atoms with Crippen molar-refractivity contribution < 1.29 is 14.6 Å². The second kappa shape index (κ2) is 11.2. The standard InChI is InChI=1S/C31H28O3/c1-23(31(32)33)19-24-14-16-30(17-15-24)34-18-8-9-25-20-28(26-10-4-2-5-11-26)22-29(21-25)27-12-6-3-7-13-27/h2-17,20-23H,18-19H2,1H3,(H,32,33)/b9-8+. The lowest BCUT2D eigenvalue weighted by atomic mass is 9.96. The molecule has 1 atom stereocenters. The number of hydrogen-bond acceptors (Lipinski definition) is 2. The van der Waals surface area contributed by atoms with E-state index in [0.29, 0.717) is 13.0 Å². The molecule has 0 bridgehead atoms. The monoisotopic (exact) mass is 448 g/mol. The third-order valence-electron chi connectivity index (χ3n) is 5.71. The highest BCUT2D eigenvalue weighted by Gasteiger charge is 2.11. The highest BCUT2D eigenvalue weighted by molar-refractivity contribution is 5.77. The van der Waals surface area contributed by atoms with Crippen LogP contribution >= 0.6 is 0 Å². The van der Waals surface area contributed by atoms with E-state index < -0.39 is 11.9 Å². The average Bonchev–Trinajstić information content (AvgIpc) is 2.88. The van der Waals surface area contributed by atoms with Crippen molar-refractivity contribution in [3.8, 4) is 28.0 Å². The number of carboxylic acid groups (broad SMARTS) is 1. The summed E-state index contributed by atoms with van der Waals surface area (Å²) in [6.45, 7) is 2.16. The first-order chi connectivity index (χ1) is 16.6. The molecule has 4 aromatic carbocycles. The van der Waals surface area contributed by atoms with Gasteiger partial charge in [0.2, 0.25) is 0 Å². The molecular formula is C31H28O3. The summed E-state index contributed by atoms with van der Waals surface area (Å²) in [7, 11) is 0. The Hall–Kier alpha value is -4.11. The Kier molecular flexibility index (Phi) is 7.56. The molecule has 0 aliphatic carbocycles. The maximum atomic E-state index is 11.0. The molecule has 0 aliphatic heterocycles. The van der Waals surface area contributed by atoms with E-state index in [2.05, 4.69) is 72.8 Å². The molecule has 4 aromatic rings. The lowest BCUT2D eigenvalue weighted by molar-refractivity contribution is -0.141. The Morgan fingerprint density at radius 3 is 1.88 bits per heavy atom. The number of hydrogen-bond donors (Lipinski definition) is 1. The third kappa shape index (κ3) is 6.23. The van der Waals surface area contributed by atoms with Crippen molar-refractivity contribution >= 4 is 12.0 Å². The van der Waals surface area contributed by atoms with E-state index in [9.17, 15) is 4.79 Å². The highest BCUT2D eigenvalue weighted by atomic mass is 16.5. The molecular weight excluding hydrogens is 420 g/mol. The van der Waals surface area contributed by atoms with Crippen LogP contribution in [0.2, 0.25) is 0 Å². The zero-order valence-electron chi connectivity index (χ0n) is 19.2. The molecule has 0 fully saturated rings. The van der Waals surface area contributed by atoms with Crippen LogP contribution in [0.4, 0.5) is 0 Å². The van der Waals surface area contributed by atoms with Gasteiger partial charge in [-0.05, 0) is 76.2 Å². The summed E-state index contributed by atoms with van der Waals surface area (Å²) < 4.78 is 5.86. The van der Waals surface area contributed by atoms with Gasteiger partial charge in [-0.15, -0.1) is 0 Å². The van der Waals surface area contributed by atoms with Gasteiger partial charge >= 0.3 is 5.97 Å². The third-order valence-corrected chi connectivity index (χ3v) is 5.71. The lowest BCUT2D eigenvalue weighted by Crippen LogP contribution is -2.12. The predicted molar refractivity (Wildman–Crippen MR) is 139 cm³/mol. The summed E-state index contributed by atoms with van der Waals surface area (Å²) in [4.78, 5) is 11.0. The fourth-order valence-corrected chi connectivity index (χ4v) is 3.83. The lowest BCUT2D eigenvalue weighted by Gasteiger charge is -2.09. The number of aliphatic carboxylic acids is 1. The normalized spacial score (nSPS) is 11.9. The summed E-state index contributed by atoms with van der Waals surface area (Å²) in [5.74, 6) is -0.418. The fourth-order valence-electron chi connectivity index (χ4n) is 3.83. The van der Waals surface area contributed by atoms with Crippen molar-refractivity contribution in [2.24, 2.45) is 5.92 Å². The van der Waals surface area contributed by atoms with Gasteiger partial charge in [-0.25, -0.2) is 0 Å². The van der Waals surface area contributed by atoms with E-state index in [1.165, 1.54) is 22.3 Å². The van der Waals surface area contributed by atoms with E-state index in [1.807, 2.05) is 42.5 Å². The maximum absolute atomic E-state index is 11.0. The van der Waals surface area contributed by atoms with E-state index in [-0.39, 0.29) is 0 Å². The summed E-state index contributed by atoms with van der Waals surface area (Å²) in [5, 5.41) is 9.07. The molecule has 3 nitrogen and oxygen atoms in total. The van der Waals surface area contributed by atoms with Crippen LogP contribution in [0.15, 0.2) is 109 Å². The molecule has 0 heterocycles. The van der Waals surface area contributed by atoms with Crippen molar-refractivity contribution in [1.82, 2.24) is 0 Å². The summed E-state index contributed by atoms with van der Waals surface area (Å²) >= 11 is 0. The van der Waals surface area contributed by atoms with Gasteiger partial charge in [-0.3, -0.25) is 4.79 Å². The zero-order chi connectivity index (χ0) is 23.8. The molecule has 1 N–H and O–H groups in total. The van der Waals surface area contributed by atoms with Gasteiger partial charge in [-0.1, -0.05) is 85.8 Å². The molecule has 1 unspecified atom stereocenters. The number of carbonyl (C=O) groups is 1. The van der Waals surface area contributed by atoms with Gasteiger partial charge in [-0.2, -0.15) is 0 Å². The molecule has 0 radical (unpaired) electrons. The Morgan fingerprint density at radius 1 is 0.794 bits per heavy atom. The van der Waals surface area contributed by atoms with Crippen LogP contribution in [0.25, 0.3) is 28.3 Å². The van der Waals surface area contributed by atoms with Crippen LogP contribution in [0.3, 0.4) is 0 Å². The molecule has 0 spiro atoms. The van der Waals surface area contributed by atoms with Gasteiger partial charge in [0.15, 0.2) is 0 Å². The Morgan fingerprint density at radius 2 is 1.35 bits per heavy atom. The zero-order valence-corrected chi connectivity index (χ0v) is 19.2. The minimum atomic E-state index is -0.780. The average molecular weight is 449 g/mol. The number of benzene rings is 4. The molecule has 34 heavy (non-hydrogen) atoms. The molecule has 3 heteroatoms. The minimum Gasteiger partial charge on any atom is -0.490 e. The van der Waals surface area contributed by atoms with Crippen LogP contribution in [0.1, 0.15) is 18.1 Å². The largest absolute Gasteiger partial charge is 0.490 e.